The second-order valence-corrected chi connectivity index (χ2v) is 5.32. The Morgan fingerprint density at radius 3 is 2.36 bits per heavy atom. The van der Waals surface area contributed by atoms with Crippen molar-refractivity contribution in [2.75, 3.05) is 7.11 Å². The van der Waals surface area contributed by atoms with E-state index < -0.39 is 5.97 Å². The summed E-state index contributed by atoms with van der Waals surface area (Å²) in [5, 5.41) is 9.28. The summed E-state index contributed by atoms with van der Waals surface area (Å²) in [6, 6.07) is 13.1. The molecule has 4 heteroatoms. The van der Waals surface area contributed by atoms with Crippen LogP contribution in [0.4, 0.5) is 0 Å². The van der Waals surface area contributed by atoms with E-state index in [1.165, 1.54) is 7.11 Å². The van der Waals surface area contributed by atoms with E-state index in [9.17, 15) is 9.90 Å². The molecule has 0 saturated heterocycles. The quantitative estimate of drug-likeness (QED) is 0.872. The highest BCUT2D eigenvalue weighted by Gasteiger charge is 2.18. The summed E-state index contributed by atoms with van der Waals surface area (Å²) >= 11 is 0. The van der Waals surface area contributed by atoms with Gasteiger partial charge in [-0.15, -0.1) is 0 Å². The second-order valence-electron chi connectivity index (χ2n) is 5.32. The molecule has 0 atom stereocenters. The van der Waals surface area contributed by atoms with Crippen molar-refractivity contribution in [1.29, 1.82) is 0 Å². The molecule has 0 bridgehead atoms. The molecule has 22 heavy (non-hydrogen) atoms. The molecular weight excluding hydrogens is 280 g/mol. The number of carbonyl (C=O) groups is 1. The molecule has 0 heterocycles. The Kier molecular flexibility index (Phi) is 5.04. The minimum atomic E-state index is -1.01. The summed E-state index contributed by atoms with van der Waals surface area (Å²) < 4.78 is 11.1. The molecule has 0 aliphatic rings. The molecule has 116 valence electrons. The number of methoxy groups -OCH3 is 1. The van der Waals surface area contributed by atoms with Crippen molar-refractivity contribution in [3.63, 3.8) is 0 Å². The number of ether oxygens (including phenoxy) is 2. The highest BCUT2D eigenvalue weighted by Crippen LogP contribution is 2.34. The smallest absolute Gasteiger partial charge is 0.339 e. The first-order valence-corrected chi connectivity index (χ1v) is 7.15. The van der Waals surface area contributed by atoms with Gasteiger partial charge in [0.05, 0.1) is 7.11 Å². The van der Waals surface area contributed by atoms with Crippen LogP contribution in [0.2, 0.25) is 0 Å². The third kappa shape index (κ3) is 3.58. The molecule has 4 nitrogen and oxygen atoms in total. The largest absolute Gasteiger partial charge is 0.496 e. The molecule has 0 amide bonds. The first-order valence-electron chi connectivity index (χ1n) is 7.15. The van der Waals surface area contributed by atoms with Gasteiger partial charge in [-0.1, -0.05) is 44.2 Å². The molecule has 2 rings (SSSR count). The van der Waals surface area contributed by atoms with Gasteiger partial charge in [0.1, 0.15) is 23.7 Å². The third-order valence-electron chi connectivity index (χ3n) is 3.42. The van der Waals surface area contributed by atoms with E-state index in [0.717, 1.165) is 11.1 Å². The van der Waals surface area contributed by atoms with E-state index in [0.29, 0.717) is 18.1 Å². The summed E-state index contributed by atoms with van der Waals surface area (Å²) in [6.45, 7) is 4.43. The van der Waals surface area contributed by atoms with Crippen LogP contribution in [-0.4, -0.2) is 18.2 Å². The Balaban J connectivity index is 2.34. The molecule has 2 aromatic carbocycles. The summed E-state index contributed by atoms with van der Waals surface area (Å²) in [5.41, 5.74) is 2.06. The van der Waals surface area contributed by atoms with Crippen LogP contribution in [0.1, 0.15) is 41.3 Å². The molecule has 2 aromatic rings. The molecule has 0 saturated carbocycles. The van der Waals surface area contributed by atoms with E-state index in [2.05, 4.69) is 0 Å². The van der Waals surface area contributed by atoms with Crippen LogP contribution in [0, 0.1) is 0 Å². The zero-order valence-corrected chi connectivity index (χ0v) is 13.0. The lowest BCUT2D eigenvalue weighted by atomic mass is 9.98. The van der Waals surface area contributed by atoms with Crippen LogP contribution in [0.15, 0.2) is 42.5 Å². The normalized spacial score (nSPS) is 10.5. The minimum absolute atomic E-state index is 0.148. The number of hydrogen-bond donors (Lipinski definition) is 1. The average Bonchev–Trinajstić information content (AvgIpc) is 2.52. The number of rotatable bonds is 6. The topological polar surface area (TPSA) is 55.8 Å². The van der Waals surface area contributed by atoms with Gasteiger partial charge in [0.25, 0.3) is 0 Å². The number of carboxylic acid groups (broad SMARTS) is 1. The maximum absolute atomic E-state index is 11.3. The van der Waals surface area contributed by atoms with Crippen molar-refractivity contribution in [2.24, 2.45) is 0 Å². The van der Waals surface area contributed by atoms with Gasteiger partial charge in [0.15, 0.2) is 0 Å². The van der Waals surface area contributed by atoms with Crippen molar-refractivity contribution in [3.05, 3.63) is 59.2 Å². The van der Waals surface area contributed by atoms with E-state index in [1.54, 1.807) is 12.1 Å². The lowest BCUT2D eigenvalue weighted by molar-refractivity contribution is 0.0693. The maximum Gasteiger partial charge on any atom is 0.339 e. The Bertz CT molecular complexity index is 648. The molecule has 0 fully saturated rings. The van der Waals surface area contributed by atoms with Gasteiger partial charge in [-0.2, -0.15) is 0 Å². The fourth-order valence-corrected chi connectivity index (χ4v) is 2.23. The SMILES string of the molecule is COc1cc(OCc2ccccc2)c(C(C)C)cc1C(=O)O. The van der Waals surface area contributed by atoms with Crippen molar-refractivity contribution in [1.82, 2.24) is 0 Å². The van der Waals surface area contributed by atoms with Crippen molar-refractivity contribution in [3.8, 4) is 11.5 Å². The highest BCUT2D eigenvalue weighted by molar-refractivity contribution is 5.91. The van der Waals surface area contributed by atoms with Crippen LogP contribution >= 0.6 is 0 Å². The summed E-state index contributed by atoms with van der Waals surface area (Å²) in [6.07, 6.45) is 0. The number of carboxylic acids is 1. The predicted octanol–water partition coefficient (Wildman–Crippen LogP) is 4.10. The van der Waals surface area contributed by atoms with Crippen LogP contribution < -0.4 is 9.47 Å². The van der Waals surface area contributed by atoms with Crippen molar-refractivity contribution in [2.45, 2.75) is 26.4 Å². The minimum Gasteiger partial charge on any atom is -0.496 e. The molecule has 0 aliphatic carbocycles. The molecule has 1 N–H and O–H groups in total. The molecular formula is C18H20O4. The van der Waals surface area contributed by atoms with Gasteiger partial charge >= 0.3 is 5.97 Å². The van der Waals surface area contributed by atoms with Crippen molar-refractivity contribution < 1.29 is 19.4 Å². The van der Waals surface area contributed by atoms with E-state index >= 15 is 0 Å². The van der Waals surface area contributed by atoms with Gasteiger partial charge in [-0.25, -0.2) is 4.79 Å². The molecule has 0 aliphatic heterocycles. The molecule has 0 radical (unpaired) electrons. The van der Waals surface area contributed by atoms with Gasteiger partial charge in [0.2, 0.25) is 0 Å². The lowest BCUT2D eigenvalue weighted by Gasteiger charge is -2.17. The standard InChI is InChI=1S/C18H20O4/c1-12(2)14-9-15(18(19)20)16(21-3)10-17(14)22-11-13-7-5-4-6-8-13/h4-10,12H,11H2,1-3H3,(H,19,20). The number of aromatic carboxylic acids is 1. The fourth-order valence-electron chi connectivity index (χ4n) is 2.23. The van der Waals surface area contributed by atoms with Crippen molar-refractivity contribution >= 4 is 5.97 Å². The number of hydrogen-bond acceptors (Lipinski definition) is 3. The van der Waals surface area contributed by atoms with Gasteiger partial charge in [0, 0.05) is 6.07 Å². The fraction of sp³-hybridized carbons (Fsp3) is 0.278. The van der Waals surface area contributed by atoms with Crippen LogP contribution in [0.5, 0.6) is 11.5 Å². The van der Waals surface area contributed by atoms with Gasteiger partial charge in [-0.3, -0.25) is 0 Å². The van der Waals surface area contributed by atoms with E-state index in [-0.39, 0.29) is 11.5 Å². The Morgan fingerprint density at radius 2 is 1.82 bits per heavy atom. The first kappa shape index (κ1) is 15.9. The van der Waals surface area contributed by atoms with Crippen LogP contribution in [-0.2, 0) is 6.61 Å². The second kappa shape index (κ2) is 6.98. The summed E-state index contributed by atoms with van der Waals surface area (Å²) in [4.78, 5) is 11.3. The number of benzene rings is 2. The average molecular weight is 300 g/mol. The summed E-state index contributed by atoms with van der Waals surface area (Å²) in [5.74, 6) is 0.101. The van der Waals surface area contributed by atoms with Gasteiger partial charge in [-0.05, 0) is 23.1 Å². The Labute approximate surface area is 130 Å². The van der Waals surface area contributed by atoms with E-state index in [4.69, 9.17) is 9.47 Å². The molecule has 0 unspecified atom stereocenters. The Hall–Kier alpha value is -2.49. The monoisotopic (exact) mass is 300 g/mol. The van der Waals surface area contributed by atoms with Gasteiger partial charge < -0.3 is 14.6 Å². The summed E-state index contributed by atoms with van der Waals surface area (Å²) in [7, 11) is 1.46. The molecule has 0 spiro atoms. The molecule has 0 aromatic heterocycles. The zero-order valence-electron chi connectivity index (χ0n) is 13.0. The Morgan fingerprint density at radius 1 is 1.14 bits per heavy atom. The van der Waals surface area contributed by atoms with Crippen LogP contribution in [0.3, 0.4) is 0 Å². The predicted molar refractivity (Wildman–Crippen MR) is 84.8 cm³/mol. The van der Waals surface area contributed by atoms with Crippen LogP contribution in [0.25, 0.3) is 0 Å². The third-order valence-corrected chi connectivity index (χ3v) is 3.42. The lowest BCUT2D eigenvalue weighted by Crippen LogP contribution is -2.06. The maximum atomic E-state index is 11.3. The van der Waals surface area contributed by atoms with E-state index in [1.807, 2.05) is 44.2 Å². The highest BCUT2D eigenvalue weighted by atomic mass is 16.5. The zero-order chi connectivity index (χ0) is 16.1. The first-order chi connectivity index (χ1) is 10.5.